The Morgan fingerprint density at radius 2 is 2.14 bits per heavy atom. The van der Waals surface area contributed by atoms with Crippen LogP contribution >= 0.6 is 0 Å². The standard InChI is InChI=1S/C17H25N3O2/c1-19-17(22)14-6-2-4-12(10-14)8-9-20-16(21)11-13-5-3-7-15(13)18/h2,4,6,10,13,15H,3,5,7-9,11,18H2,1H3,(H,19,22)(H,20,21)/t13-,15+/m0/s1. The summed E-state index contributed by atoms with van der Waals surface area (Å²) in [7, 11) is 1.61. The van der Waals surface area contributed by atoms with Gasteiger partial charge in [0.1, 0.15) is 0 Å². The third kappa shape index (κ3) is 4.56. The van der Waals surface area contributed by atoms with Crippen molar-refractivity contribution >= 4 is 11.8 Å². The van der Waals surface area contributed by atoms with E-state index in [2.05, 4.69) is 10.6 Å². The first-order valence-electron chi connectivity index (χ1n) is 7.93. The van der Waals surface area contributed by atoms with Crippen LogP contribution in [0.5, 0.6) is 0 Å². The lowest BCUT2D eigenvalue weighted by Gasteiger charge is -2.14. The molecule has 1 fully saturated rings. The van der Waals surface area contributed by atoms with Crippen molar-refractivity contribution in [3.05, 3.63) is 35.4 Å². The van der Waals surface area contributed by atoms with Crippen LogP contribution in [0.1, 0.15) is 41.6 Å². The molecule has 5 heteroatoms. The number of amides is 2. The molecule has 2 amide bonds. The monoisotopic (exact) mass is 303 g/mol. The lowest BCUT2D eigenvalue weighted by Crippen LogP contribution is -2.32. The summed E-state index contributed by atoms with van der Waals surface area (Å²) in [6.07, 6.45) is 4.46. The first kappa shape index (κ1) is 16.5. The quantitative estimate of drug-likeness (QED) is 0.739. The minimum Gasteiger partial charge on any atom is -0.356 e. The minimum absolute atomic E-state index is 0.0739. The first-order valence-corrected chi connectivity index (χ1v) is 7.93. The molecule has 120 valence electrons. The third-order valence-electron chi connectivity index (χ3n) is 4.32. The summed E-state index contributed by atoms with van der Waals surface area (Å²) in [5, 5.41) is 5.55. The highest BCUT2D eigenvalue weighted by molar-refractivity contribution is 5.94. The summed E-state index contributed by atoms with van der Waals surface area (Å²) in [6, 6.07) is 7.64. The maximum atomic E-state index is 11.9. The molecule has 5 nitrogen and oxygen atoms in total. The average Bonchev–Trinajstić information content (AvgIpc) is 2.92. The van der Waals surface area contributed by atoms with Crippen molar-refractivity contribution in [2.24, 2.45) is 11.7 Å². The predicted molar refractivity (Wildman–Crippen MR) is 86.5 cm³/mol. The van der Waals surface area contributed by atoms with Crippen molar-refractivity contribution in [3.8, 4) is 0 Å². The Labute approximate surface area is 131 Å². The third-order valence-corrected chi connectivity index (χ3v) is 4.32. The normalized spacial score (nSPS) is 20.6. The summed E-state index contributed by atoms with van der Waals surface area (Å²) in [6.45, 7) is 0.581. The topological polar surface area (TPSA) is 84.2 Å². The van der Waals surface area contributed by atoms with Crippen molar-refractivity contribution in [2.75, 3.05) is 13.6 Å². The maximum absolute atomic E-state index is 11.9. The highest BCUT2D eigenvalue weighted by Gasteiger charge is 2.25. The molecule has 0 radical (unpaired) electrons. The van der Waals surface area contributed by atoms with Gasteiger partial charge in [-0.25, -0.2) is 0 Å². The van der Waals surface area contributed by atoms with Crippen LogP contribution in [0.4, 0.5) is 0 Å². The van der Waals surface area contributed by atoms with Crippen molar-refractivity contribution in [1.29, 1.82) is 0 Å². The van der Waals surface area contributed by atoms with Gasteiger partial charge in [0.2, 0.25) is 5.91 Å². The van der Waals surface area contributed by atoms with Gasteiger partial charge in [0.05, 0.1) is 0 Å². The van der Waals surface area contributed by atoms with Gasteiger partial charge >= 0.3 is 0 Å². The molecule has 4 N–H and O–H groups in total. The van der Waals surface area contributed by atoms with Crippen molar-refractivity contribution in [3.63, 3.8) is 0 Å². The zero-order valence-electron chi connectivity index (χ0n) is 13.1. The van der Waals surface area contributed by atoms with E-state index >= 15 is 0 Å². The van der Waals surface area contributed by atoms with Crippen LogP contribution in [0.25, 0.3) is 0 Å². The highest BCUT2D eigenvalue weighted by Crippen LogP contribution is 2.26. The fourth-order valence-electron chi connectivity index (χ4n) is 2.99. The van der Waals surface area contributed by atoms with E-state index in [-0.39, 0.29) is 17.9 Å². The molecule has 0 bridgehead atoms. The molecular weight excluding hydrogens is 278 g/mol. The van der Waals surface area contributed by atoms with Crippen LogP contribution in [-0.4, -0.2) is 31.4 Å². The Balaban J connectivity index is 1.76. The Morgan fingerprint density at radius 3 is 2.82 bits per heavy atom. The summed E-state index contributed by atoms with van der Waals surface area (Å²) in [5.41, 5.74) is 7.67. The van der Waals surface area contributed by atoms with E-state index in [1.807, 2.05) is 18.2 Å². The number of hydrogen-bond acceptors (Lipinski definition) is 3. The molecule has 2 rings (SSSR count). The van der Waals surface area contributed by atoms with Crippen LogP contribution < -0.4 is 16.4 Å². The van der Waals surface area contributed by atoms with Gasteiger partial charge in [0.15, 0.2) is 0 Å². The second kappa shape index (κ2) is 7.94. The van der Waals surface area contributed by atoms with Gasteiger partial charge in [0, 0.05) is 31.6 Å². The lowest BCUT2D eigenvalue weighted by atomic mass is 10.00. The zero-order chi connectivity index (χ0) is 15.9. The maximum Gasteiger partial charge on any atom is 0.251 e. The SMILES string of the molecule is CNC(=O)c1cccc(CCNC(=O)C[C@@H]2CCC[C@H]2N)c1. The van der Waals surface area contributed by atoms with Gasteiger partial charge in [-0.1, -0.05) is 18.6 Å². The first-order chi connectivity index (χ1) is 10.6. The number of benzene rings is 1. The van der Waals surface area contributed by atoms with Crippen molar-refractivity contribution < 1.29 is 9.59 Å². The second-order valence-electron chi connectivity index (χ2n) is 5.94. The zero-order valence-corrected chi connectivity index (χ0v) is 13.1. The molecule has 0 aliphatic heterocycles. The average molecular weight is 303 g/mol. The lowest BCUT2D eigenvalue weighted by molar-refractivity contribution is -0.122. The second-order valence-corrected chi connectivity index (χ2v) is 5.94. The molecule has 1 saturated carbocycles. The van der Waals surface area contributed by atoms with Gasteiger partial charge in [-0.15, -0.1) is 0 Å². The number of rotatable bonds is 6. The van der Waals surface area contributed by atoms with Crippen LogP contribution in [0.15, 0.2) is 24.3 Å². The smallest absolute Gasteiger partial charge is 0.251 e. The van der Waals surface area contributed by atoms with E-state index in [0.717, 1.165) is 24.8 Å². The van der Waals surface area contributed by atoms with Crippen molar-refractivity contribution in [2.45, 2.75) is 38.1 Å². The van der Waals surface area contributed by atoms with E-state index in [9.17, 15) is 9.59 Å². The molecule has 22 heavy (non-hydrogen) atoms. The van der Waals surface area contributed by atoms with E-state index in [0.29, 0.717) is 30.9 Å². The van der Waals surface area contributed by atoms with Gasteiger partial charge in [-0.3, -0.25) is 9.59 Å². The molecule has 1 aliphatic rings. The summed E-state index contributed by atoms with van der Waals surface area (Å²) in [4.78, 5) is 23.5. The molecule has 2 atom stereocenters. The van der Waals surface area contributed by atoms with E-state index in [1.165, 1.54) is 0 Å². The van der Waals surface area contributed by atoms with E-state index in [4.69, 9.17) is 5.73 Å². The molecular formula is C17H25N3O2. The predicted octanol–water partition coefficient (Wildman–Crippen LogP) is 1.22. The number of nitrogens with two attached hydrogens (primary N) is 1. The van der Waals surface area contributed by atoms with Gasteiger partial charge < -0.3 is 16.4 Å². The Kier molecular flexibility index (Phi) is 5.95. The number of carbonyl (C=O) groups is 2. The van der Waals surface area contributed by atoms with E-state index < -0.39 is 0 Å². The van der Waals surface area contributed by atoms with Crippen LogP contribution in [0.2, 0.25) is 0 Å². The molecule has 0 aromatic heterocycles. The number of nitrogens with one attached hydrogen (secondary N) is 2. The van der Waals surface area contributed by atoms with Crippen molar-refractivity contribution in [1.82, 2.24) is 10.6 Å². The molecule has 1 aromatic rings. The Hall–Kier alpha value is -1.88. The largest absolute Gasteiger partial charge is 0.356 e. The molecule has 1 aliphatic carbocycles. The molecule has 0 heterocycles. The Bertz CT molecular complexity index is 530. The van der Waals surface area contributed by atoms with Crippen LogP contribution in [-0.2, 0) is 11.2 Å². The molecule has 0 saturated heterocycles. The minimum atomic E-state index is -0.0962. The van der Waals surface area contributed by atoms with Gasteiger partial charge in [-0.05, 0) is 42.9 Å². The fourth-order valence-corrected chi connectivity index (χ4v) is 2.99. The van der Waals surface area contributed by atoms with Gasteiger partial charge in [0.25, 0.3) is 5.91 Å². The summed E-state index contributed by atoms with van der Waals surface area (Å²) in [5.74, 6) is 0.308. The molecule has 0 unspecified atom stereocenters. The number of hydrogen-bond donors (Lipinski definition) is 3. The Morgan fingerprint density at radius 1 is 1.32 bits per heavy atom. The van der Waals surface area contributed by atoms with Crippen LogP contribution in [0, 0.1) is 5.92 Å². The van der Waals surface area contributed by atoms with E-state index in [1.54, 1.807) is 13.1 Å². The number of carbonyl (C=O) groups excluding carboxylic acids is 2. The summed E-state index contributed by atoms with van der Waals surface area (Å²) >= 11 is 0. The molecule has 0 spiro atoms. The van der Waals surface area contributed by atoms with Crippen LogP contribution in [0.3, 0.4) is 0 Å². The molecule has 1 aromatic carbocycles. The highest BCUT2D eigenvalue weighted by atomic mass is 16.2. The van der Waals surface area contributed by atoms with Gasteiger partial charge in [-0.2, -0.15) is 0 Å². The summed E-state index contributed by atoms with van der Waals surface area (Å²) < 4.78 is 0. The fraction of sp³-hybridized carbons (Fsp3) is 0.529.